The first-order valence-electron chi connectivity index (χ1n) is 11.2. The molecule has 0 atom stereocenters. The lowest BCUT2D eigenvalue weighted by atomic mass is 9.85. The number of carbonyl (C=O) groups is 2. The van der Waals surface area contributed by atoms with Crippen molar-refractivity contribution in [1.82, 2.24) is 0 Å². The van der Waals surface area contributed by atoms with Gasteiger partial charge in [-0.1, -0.05) is 83.9 Å². The average molecular weight is 529 g/mol. The zero-order chi connectivity index (χ0) is 25.6. The molecule has 0 aromatic heterocycles. The van der Waals surface area contributed by atoms with Gasteiger partial charge in [-0.3, -0.25) is 14.2 Å². The maximum Gasteiger partial charge on any atom is 0.196 e. The maximum atomic E-state index is 14.3. The van der Waals surface area contributed by atoms with Crippen LogP contribution in [0.1, 0.15) is 43.0 Å². The van der Waals surface area contributed by atoms with Gasteiger partial charge < -0.3 is 0 Å². The van der Waals surface area contributed by atoms with E-state index in [1.807, 2.05) is 60.7 Å². The van der Waals surface area contributed by atoms with Crippen LogP contribution in [0, 0.1) is 13.8 Å². The number of ketones is 2. The molecular weight excluding hydrogens is 510 g/mol. The summed E-state index contributed by atoms with van der Waals surface area (Å²) in [7, 11) is -0.245. The van der Waals surface area contributed by atoms with Crippen LogP contribution in [0.4, 0.5) is 0 Å². The van der Waals surface area contributed by atoms with Gasteiger partial charge in [0.1, 0.15) is 0 Å². The van der Waals surface area contributed by atoms with Crippen LogP contribution in [0.2, 0.25) is 10.0 Å². The van der Waals surface area contributed by atoms with Gasteiger partial charge in [0.05, 0.1) is 10.0 Å². The molecule has 5 aromatic rings. The first-order valence-corrected chi connectivity index (χ1v) is 12.8. The molecule has 0 spiro atoms. The van der Waals surface area contributed by atoms with E-state index in [0.717, 1.165) is 10.8 Å². The molecule has 5 aromatic carbocycles. The molecule has 0 saturated carbocycles. The third-order valence-electron chi connectivity index (χ3n) is 6.52. The van der Waals surface area contributed by atoms with E-state index in [4.69, 9.17) is 23.2 Å². The van der Waals surface area contributed by atoms with E-state index >= 15 is 0 Å². The van der Waals surface area contributed by atoms with Crippen LogP contribution in [-0.4, -0.2) is 11.6 Å². The van der Waals surface area contributed by atoms with Crippen LogP contribution in [0.3, 0.4) is 0 Å². The highest BCUT2D eigenvalue weighted by molar-refractivity contribution is 7.34. The van der Waals surface area contributed by atoms with Gasteiger partial charge in [0, 0.05) is 27.6 Å². The molecule has 0 aliphatic heterocycles. The highest BCUT2D eigenvalue weighted by atomic mass is 35.5. The van der Waals surface area contributed by atoms with Crippen molar-refractivity contribution in [2.45, 2.75) is 13.8 Å². The van der Waals surface area contributed by atoms with E-state index in [-0.39, 0.29) is 30.4 Å². The van der Waals surface area contributed by atoms with Crippen molar-refractivity contribution in [3.05, 3.63) is 122 Å². The number of halogens is 2. The number of carbonyl (C=O) groups excluding carboxylic acids is 2. The van der Waals surface area contributed by atoms with E-state index in [9.17, 15) is 14.2 Å². The molecule has 3 nitrogen and oxygen atoms in total. The summed E-state index contributed by atoms with van der Waals surface area (Å²) in [5, 5.41) is 4.10. The Hall–Kier alpha value is -3.36. The SMILES string of the molecule is Cc1cc(P=O)c(C)c(C(=O)c2c(Cl)ccc3ccccc23)c1C(=O)c1c(Cl)ccc2ccccc12. The monoisotopic (exact) mass is 528 g/mol. The van der Waals surface area contributed by atoms with Gasteiger partial charge in [0.15, 0.2) is 20.0 Å². The molecule has 0 bridgehead atoms. The fourth-order valence-corrected chi connectivity index (χ4v) is 5.77. The van der Waals surface area contributed by atoms with Crippen molar-refractivity contribution in [3.63, 3.8) is 0 Å². The normalized spacial score (nSPS) is 11.3. The van der Waals surface area contributed by atoms with Crippen molar-refractivity contribution < 1.29 is 14.2 Å². The van der Waals surface area contributed by atoms with Crippen molar-refractivity contribution in [3.8, 4) is 0 Å². The minimum Gasteiger partial charge on any atom is -0.288 e. The zero-order valence-corrected chi connectivity index (χ0v) is 21.8. The fraction of sp³-hybridized carbons (Fsp3) is 0.0667. The molecule has 176 valence electrons. The standard InChI is InChI=1S/C30H19Cl2O3P/c1-16-15-24(36-35)17(2)26(30(34)28-21-10-6-4-8-19(21)12-14-23(28)32)25(16)29(33)27-20-9-5-3-7-18(20)11-13-22(27)31/h3-15H,1-2H3. The largest absolute Gasteiger partial charge is 0.288 e. The summed E-state index contributed by atoms with van der Waals surface area (Å²) in [4.78, 5) is 28.5. The van der Waals surface area contributed by atoms with Crippen LogP contribution in [0.25, 0.3) is 21.5 Å². The molecule has 0 heterocycles. The first kappa shape index (κ1) is 24.3. The molecule has 0 unspecified atom stereocenters. The topological polar surface area (TPSA) is 51.2 Å². The Labute approximate surface area is 219 Å². The summed E-state index contributed by atoms with van der Waals surface area (Å²) < 4.78 is 12.0. The lowest BCUT2D eigenvalue weighted by Crippen LogP contribution is -2.20. The van der Waals surface area contributed by atoms with E-state index in [1.165, 1.54) is 0 Å². The number of hydrogen-bond donors (Lipinski definition) is 0. The number of rotatable bonds is 5. The second-order valence-corrected chi connectivity index (χ2v) is 10.1. The summed E-state index contributed by atoms with van der Waals surface area (Å²) in [5.41, 5.74) is 2.03. The van der Waals surface area contributed by atoms with E-state index < -0.39 is 5.78 Å². The highest BCUT2D eigenvalue weighted by Crippen LogP contribution is 2.35. The minimum absolute atomic E-state index is 0.181. The third kappa shape index (κ3) is 3.94. The van der Waals surface area contributed by atoms with Gasteiger partial charge >= 0.3 is 0 Å². The molecule has 0 amide bonds. The summed E-state index contributed by atoms with van der Waals surface area (Å²) in [5.74, 6) is -0.770. The summed E-state index contributed by atoms with van der Waals surface area (Å²) >= 11 is 13.1. The zero-order valence-electron chi connectivity index (χ0n) is 19.4. The molecule has 0 radical (unpaired) electrons. The number of fused-ring (bicyclic) bond motifs is 2. The smallest absolute Gasteiger partial charge is 0.196 e. The Kier molecular flexibility index (Phi) is 6.49. The van der Waals surface area contributed by atoms with Gasteiger partial charge in [-0.15, -0.1) is 0 Å². The van der Waals surface area contributed by atoms with E-state index in [0.29, 0.717) is 43.4 Å². The van der Waals surface area contributed by atoms with E-state index in [1.54, 1.807) is 32.0 Å². The van der Waals surface area contributed by atoms with E-state index in [2.05, 4.69) is 0 Å². The van der Waals surface area contributed by atoms with Crippen LogP contribution < -0.4 is 5.30 Å². The minimum atomic E-state index is -0.400. The molecule has 0 saturated heterocycles. The first-order chi connectivity index (χ1) is 17.3. The quantitative estimate of drug-likeness (QED) is 0.170. The Morgan fingerprint density at radius 3 is 1.61 bits per heavy atom. The lowest BCUT2D eigenvalue weighted by molar-refractivity contribution is 0.100. The van der Waals surface area contributed by atoms with Gasteiger partial charge in [0.25, 0.3) is 0 Å². The summed E-state index contributed by atoms with van der Waals surface area (Å²) in [6, 6.07) is 23.7. The fourth-order valence-electron chi connectivity index (χ4n) is 4.77. The summed E-state index contributed by atoms with van der Waals surface area (Å²) in [6.45, 7) is 3.44. The van der Waals surface area contributed by atoms with Gasteiger partial charge in [-0.05, 0) is 64.7 Å². The van der Waals surface area contributed by atoms with Crippen LogP contribution in [0.15, 0.2) is 78.9 Å². The van der Waals surface area contributed by atoms with Crippen molar-refractivity contribution in [2.24, 2.45) is 0 Å². The maximum absolute atomic E-state index is 14.3. The number of benzene rings is 5. The molecule has 0 N–H and O–H groups in total. The number of aryl methyl sites for hydroxylation is 1. The van der Waals surface area contributed by atoms with Crippen molar-refractivity contribution in [1.29, 1.82) is 0 Å². The van der Waals surface area contributed by atoms with Crippen LogP contribution >= 0.6 is 31.7 Å². The van der Waals surface area contributed by atoms with Crippen LogP contribution in [0.5, 0.6) is 0 Å². The Balaban J connectivity index is 1.84. The third-order valence-corrected chi connectivity index (χ3v) is 7.81. The Bertz CT molecular complexity index is 1740. The molecule has 5 rings (SSSR count). The molecule has 6 heteroatoms. The molecule has 36 heavy (non-hydrogen) atoms. The number of hydrogen-bond acceptors (Lipinski definition) is 3. The predicted octanol–water partition coefficient (Wildman–Crippen LogP) is 8.30. The van der Waals surface area contributed by atoms with Crippen molar-refractivity contribution >= 4 is 70.1 Å². The second kappa shape index (κ2) is 9.59. The lowest BCUT2D eigenvalue weighted by Gasteiger charge is -2.18. The Morgan fingerprint density at radius 2 is 1.11 bits per heavy atom. The van der Waals surface area contributed by atoms with Gasteiger partial charge in [-0.25, -0.2) is 0 Å². The predicted molar refractivity (Wildman–Crippen MR) is 148 cm³/mol. The molecule has 0 aliphatic rings. The molecular formula is C30H19Cl2O3P. The summed E-state index contributed by atoms with van der Waals surface area (Å²) in [6.07, 6.45) is 0. The highest BCUT2D eigenvalue weighted by Gasteiger charge is 2.29. The second-order valence-electron chi connectivity index (χ2n) is 8.62. The average Bonchev–Trinajstić information content (AvgIpc) is 2.88. The van der Waals surface area contributed by atoms with Gasteiger partial charge in [-0.2, -0.15) is 0 Å². The molecule has 0 fully saturated rings. The Morgan fingerprint density at radius 1 is 0.639 bits per heavy atom. The van der Waals surface area contributed by atoms with Crippen LogP contribution in [-0.2, 0) is 4.57 Å². The van der Waals surface area contributed by atoms with Gasteiger partial charge in [0.2, 0.25) is 0 Å². The van der Waals surface area contributed by atoms with Crippen molar-refractivity contribution in [2.75, 3.05) is 0 Å². The molecule has 0 aliphatic carbocycles.